The summed E-state index contributed by atoms with van der Waals surface area (Å²) in [6, 6.07) is 7.09. The molecule has 1 fully saturated rings. The van der Waals surface area contributed by atoms with Gasteiger partial charge in [-0.2, -0.15) is 0 Å². The molecule has 3 rings (SSSR count). The smallest absolute Gasteiger partial charge is 0.242 e. The standard InChI is InChI=1S/C26H35N3O4/c1-5-18(3)27-24(31)19(4)29(16-20-11-7-6-10-17(20)2)23(30)14-15-28-25(32)21-12-8-9-13-22(21)26(28)33/h6-11,18-19,21-22H,5,12-16H2,1-4H3,(H,27,31)/t18?,19?,21-,22+. The van der Waals surface area contributed by atoms with Gasteiger partial charge in [0, 0.05) is 25.6 Å². The fourth-order valence-electron chi connectivity index (χ4n) is 4.46. The lowest BCUT2D eigenvalue weighted by molar-refractivity contribution is -0.143. The Kier molecular flexibility index (Phi) is 8.06. The van der Waals surface area contributed by atoms with Crippen LogP contribution in [0.2, 0.25) is 0 Å². The van der Waals surface area contributed by atoms with Gasteiger partial charge in [0.1, 0.15) is 6.04 Å². The number of allylic oxidation sites excluding steroid dienone is 2. The number of hydrogen-bond donors (Lipinski definition) is 1. The predicted octanol–water partition coefficient (Wildman–Crippen LogP) is 2.97. The van der Waals surface area contributed by atoms with Gasteiger partial charge in [-0.15, -0.1) is 0 Å². The summed E-state index contributed by atoms with van der Waals surface area (Å²) in [4.78, 5) is 54.5. The van der Waals surface area contributed by atoms with Crippen LogP contribution < -0.4 is 5.32 Å². The zero-order chi connectivity index (χ0) is 24.1. The number of likely N-dealkylation sites (tertiary alicyclic amines) is 1. The van der Waals surface area contributed by atoms with E-state index in [2.05, 4.69) is 5.32 Å². The Balaban J connectivity index is 1.73. The molecule has 1 aromatic carbocycles. The molecule has 0 aromatic heterocycles. The summed E-state index contributed by atoms with van der Waals surface area (Å²) in [7, 11) is 0. The van der Waals surface area contributed by atoms with Crippen molar-refractivity contribution in [1.29, 1.82) is 0 Å². The molecule has 0 bridgehead atoms. The van der Waals surface area contributed by atoms with E-state index >= 15 is 0 Å². The molecule has 1 saturated heterocycles. The van der Waals surface area contributed by atoms with Gasteiger partial charge in [0.15, 0.2) is 0 Å². The molecule has 4 atom stereocenters. The lowest BCUT2D eigenvalue weighted by Crippen LogP contribution is -2.50. The Labute approximate surface area is 196 Å². The van der Waals surface area contributed by atoms with Crippen LogP contribution >= 0.6 is 0 Å². The molecule has 1 aliphatic heterocycles. The van der Waals surface area contributed by atoms with E-state index in [4.69, 9.17) is 0 Å². The first-order valence-electron chi connectivity index (χ1n) is 11.9. The first-order valence-corrected chi connectivity index (χ1v) is 11.9. The summed E-state index contributed by atoms with van der Waals surface area (Å²) in [5.41, 5.74) is 1.99. The molecule has 178 valence electrons. The Hall–Kier alpha value is -2.96. The van der Waals surface area contributed by atoms with Gasteiger partial charge < -0.3 is 10.2 Å². The van der Waals surface area contributed by atoms with Crippen LogP contribution in [0, 0.1) is 18.8 Å². The summed E-state index contributed by atoms with van der Waals surface area (Å²) in [5, 5.41) is 2.95. The quantitative estimate of drug-likeness (QED) is 0.460. The number of rotatable bonds is 9. The van der Waals surface area contributed by atoms with Crippen LogP contribution in [0.4, 0.5) is 0 Å². The molecule has 0 saturated carbocycles. The first-order chi connectivity index (χ1) is 15.7. The van der Waals surface area contributed by atoms with Crippen molar-refractivity contribution in [1.82, 2.24) is 15.1 Å². The van der Waals surface area contributed by atoms with Crippen molar-refractivity contribution in [3.63, 3.8) is 0 Å². The summed E-state index contributed by atoms with van der Waals surface area (Å²) in [6.07, 6.45) is 5.83. The SMILES string of the molecule is CCC(C)NC(=O)C(C)N(Cc1ccccc1C)C(=O)CCN1C(=O)[C@H]2CC=CC[C@H]2C1=O. The third-order valence-corrected chi connectivity index (χ3v) is 6.92. The maximum Gasteiger partial charge on any atom is 0.242 e. The summed E-state index contributed by atoms with van der Waals surface area (Å²) < 4.78 is 0. The van der Waals surface area contributed by atoms with Crippen LogP contribution in [0.5, 0.6) is 0 Å². The van der Waals surface area contributed by atoms with Gasteiger partial charge in [-0.1, -0.05) is 43.3 Å². The van der Waals surface area contributed by atoms with Crippen LogP contribution in [0.3, 0.4) is 0 Å². The van der Waals surface area contributed by atoms with E-state index in [-0.39, 0.29) is 61.0 Å². The Bertz CT molecular complexity index is 915. The highest BCUT2D eigenvalue weighted by Gasteiger charge is 2.47. The number of hydrogen-bond acceptors (Lipinski definition) is 4. The maximum absolute atomic E-state index is 13.3. The molecule has 2 aliphatic rings. The Morgan fingerprint density at radius 3 is 2.27 bits per heavy atom. The number of benzene rings is 1. The molecule has 7 heteroatoms. The van der Waals surface area contributed by atoms with Crippen LogP contribution in [-0.4, -0.2) is 52.1 Å². The summed E-state index contributed by atoms with van der Waals surface area (Å²) in [5.74, 6) is -1.44. The molecular formula is C26H35N3O4. The van der Waals surface area contributed by atoms with Crippen molar-refractivity contribution in [3.05, 3.63) is 47.5 Å². The van der Waals surface area contributed by atoms with Crippen LogP contribution in [0.1, 0.15) is 57.6 Å². The highest BCUT2D eigenvalue weighted by atomic mass is 16.2. The molecule has 33 heavy (non-hydrogen) atoms. The normalized spacial score (nSPS) is 21.5. The molecular weight excluding hydrogens is 418 g/mol. The first kappa shape index (κ1) is 24.7. The number of amides is 4. The zero-order valence-electron chi connectivity index (χ0n) is 20.0. The summed E-state index contributed by atoms with van der Waals surface area (Å²) in [6.45, 7) is 7.95. The molecule has 0 radical (unpaired) electrons. The van der Waals surface area contributed by atoms with Gasteiger partial charge in [0.05, 0.1) is 11.8 Å². The molecule has 4 amide bonds. The molecule has 2 unspecified atom stereocenters. The third-order valence-electron chi connectivity index (χ3n) is 6.92. The minimum atomic E-state index is -0.678. The molecule has 1 aliphatic carbocycles. The van der Waals surface area contributed by atoms with Crippen molar-refractivity contribution in [2.45, 2.75) is 72.0 Å². The van der Waals surface area contributed by atoms with E-state index in [0.717, 1.165) is 17.5 Å². The zero-order valence-corrected chi connectivity index (χ0v) is 20.0. The van der Waals surface area contributed by atoms with E-state index in [0.29, 0.717) is 12.8 Å². The van der Waals surface area contributed by atoms with Crippen molar-refractivity contribution >= 4 is 23.6 Å². The van der Waals surface area contributed by atoms with Gasteiger partial charge in [-0.25, -0.2) is 0 Å². The number of nitrogens with zero attached hydrogens (tertiary/aromatic N) is 2. The summed E-state index contributed by atoms with van der Waals surface area (Å²) >= 11 is 0. The number of carbonyl (C=O) groups is 4. The lowest BCUT2D eigenvalue weighted by atomic mass is 9.85. The number of nitrogens with one attached hydrogen (secondary N) is 1. The number of carbonyl (C=O) groups excluding carboxylic acids is 4. The number of imide groups is 1. The van der Waals surface area contributed by atoms with E-state index < -0.39 is 6.04 Å². The second-order valence-corrected chi connectivity index (χ2v) is 9.18. The van der Waals surface area contributed by atoms with E-state index in [1.165, 1.54) is 4.90 Å². The Morgan fingerprint density at radius 1 is 1.09 bits per heavy atom. The average Bonchev–Trinajstić information content (AvgIpc) is 3.06. The molecule has 1 heterocycles. The molecule has 1 N–H and O–H groups in total. The van der Waals surface area contributed by atoms with Crippen molar-refractivity contribution in [2.75, 3.05) is 6.54 Å². The average molecular weight is 454 g/mol. The topological polar surface area (TPSA) is 86.8 Å². The van der Waals surface area contributed by atoms with Gasteiger partial charge >= 0.3 is 0 Å². The highest BCUT2D eigenvalue weighted by molar-refractivity contribution is 6.05. The minimum Gasteiger partial charge on any atom is -0.352 e. The van der Waals surface area contributed by atoms with Gasteiger partial charge in [-0.05, 0) is 51.2 Å². The van der Waals surface area contributed by atoms with Crippen LogP contribution in [0.15, 0.2) is 36.4 Å². The van der Waals surface area contributed by atoms with Crippen LogP contribution in [-0.2, 0) is 25.7 Å². The molecule has 0 spiro atoms. The van der Waals surface area contributed by atoms with E-state index in [1.54, 1.807) is 11.8 Å². The highest BCUT2D eigenvalue weighted by Crippen LogP contribution is 2.35. The number of fused-ring (bicyclic) bond motifs is 1. The monoisotopic (exact) mass is 453 g/mol. The van der Waals surface area contributed by atoms with Gasteiger partial charge in [0.25, 0.3) is 0 Å². The fraction of sp³-hybridized carbons (Fsp3) is 0.538. The number of aryl methyl sites for hydroxylation is 1. The fourth-order valence-corrected chi connectivity index (χ4v) is 4.46. The predicted molar refractivity (Wildman–Crippen MR) is 126 cm³/mol. The second-order valence-electron chi connectivity index (χ2n) is 9.18. The van der Waals surface area contributed by atoms with E-state index in [1.807, 2.05) is 57.2 Å². The van der Waals surface area contributed by atoms with Gasteiger partial charge in [0.2, 0.25) is 23.6 Å². The Morgan fingerprint density at radius 2 is 1.70 bits per heavy atom. The van der Waals surface area contributed by atoms with Gasteiger partial charge in [-0.3, -0.25) is 24.1 Å². The minimum absolute atomic E-state index is 0.00280. The van der Waals surface area contributed by atoms with Crippen LogP contribution in [0.25, 0.3) is 0 Å². The molecule has 7 nitrogen and oxygen atoms in total. The largest absolute Gasteiger partial charge is 0.352 e. The van der Waals surface area contributed by atoms with Crippen molar-refractivity contribution < 1.29 is 19.2 Å². The second kappa shape index (κ2) is 10.8. The van der Waals surface area contributed by atoms with Crippen molar-refractivity contribution in [2.24, 2.45) is 11.8 Å². The van der Waals surface area contributed by atoms with Crippen molar-refractivity contribution in [3.8, 4) is 0 Å². The maximum atomic E-state index is 13.3. The third kappa shape index (κ3) is 5.52. The molecule has 1 aromatic rings. The van der Waals surface area contributed by atoms with E-state index in [9.17, 15) is 19.2 Å². The lowest BCUT2D eigenvalue weighted by Gasteiger charge is -2.30.